The van der Waals surface area contributed by atoms with E-state index in [4.69, 9.17) is 10.5 Å². The van der Waals surface area contributed by atoms with Crippen molar-refractivity contribution >= 4 is 0 Å². The largest absolute Gasteiger partial charge is 0.376 e. The van der Waals surface area contributed by atoms with Crippen LogP contribution >= 0.6 is 0 Å². The highest BCUT2D eigenvalue weighted by molar-refractivity contribution is 5.14. The molecule has 3 nitrogen and oxygen atoms in total. The van der Waals surface area contributed by atoms with E-state index < -0.39 is 0 Å². The van der Waals surface area contributed by atoms with E-state index >= 15 is 0 Å². The second-order valence-electron chi connectivity index (χ2n) is 5.60. The summed E-state index contributed by atoms with van der Waals surface area (Å²) in [5.74, 6) is 0. The molecule has 1 heterocycles. The topological polar surface area (TPSA) is 38.5 Å². The van der Waals surface area contributed by atoms with Crippen LogP contribution in [0.3, 0.4) is 0 Å². The zero-order valence-electron chi connectivity index (χ0n) is 12.1. The third-order valence-electron chi connectivity index (χ3n) is 4.01. The minimum atomic E-state index is 0.321. The van der Waals surface area contributed by atoms with Crippen molar-refractivity contribution in [3.8, 4) is 0 Å². The smallest absolute Gasteiger partial charge is 0.0674 e. The molecule has 0 radical (unpaired) electrons. The molecule has 106 valence electrons. The van der Waals surface area contributed by atoms with E-state index in [1.165, 1.54) is 5.56 Å². The van der Waals surface area contributed by atoms with E-state index in [0.29, 0.717) is 18.2 Å². The van der Waals surface area contributed by atoms with Crippen LogP contribution in [0.5, 0.6) is 0 Å². The molecule has 0 aromatic heterocycles. The summed E-state index contributed by atoms with van der Waals surface area (Å²) in [6, 6.07) is 11.6. The zero-order chi connectivity index (χ0) is 13.7. The maximum Gasteiger partial charge on any atom is 0.0674 e. The van der Waals surface area contributed by atoms with Gasteiger partial charge in [-0.3, -0.25) is 4.90 Å². The number of hydrogen-bond acceptors (Lipinski definition) is 3. The predicted molar refractivity (Wildman–Crippen MR) is 79.2 cm³/mol. The van der Waals surface area contributed by atoms with E-state index in [1.54, 1.807) is 0 Å². The van der Waals surface area contributed by atoms with Crippen LogP contribution in [0.4, 0.5) is 0 Å². The highest BCUT2D eigenvalue weighted by Gasteiger charge is 2.28. The Labute approximate surface area is 116 Å². The Morgan fingerprint density at radius 1 is 1.32 bits per heavy atom. The van der Waals surface area contributed by atoms with Gasteiger partial charge in [-0.1, -0.05) is 30.3 Å². The number of benzene rings is 1. The maximum absolute atomic E-state index is 5.99. The molecule has 0 amide bonds. The van der Waals surface area contributed by atoms with Crippen molar-refractivity contribution in [3.05, 3.63) is 35.9 Å². The molecule has 2 rings (SSSR count). The summed E-state index contributed by atoms with van der Waals surface area (Å²) < 4.78 is 5.70. The molecule has 0 saturated carbocycles. The van der Waals surface area contributed by atoms with Crippen LogP contribution in [-0.2, 0) is 11.2 Å². The Kier molecular flexibility index (Phi) is 5.37. The minimum absolute atomic E-state index is 0.321. The van der Waals surface area contributed by atoms with Crippen molar-refractivity contribution in [1.29, 1.82) is 0 Å². The summed E-state index contributed by atoms with van der Waals surface area (Å²) in [6.07, 6.45) is 2.54. The van der Waals surface area contributed by atoms with Gasteiger partial charge in [0.1, 0.15) is 0 Å². The third-order valence-corrected chi connectivity index (χ3v) is 4.01. The second kappa shape index (κ2) is 7.04. The van der Waals surface area contributed by atoms with E-state index in [-0.39, 0.29) is 0 Å². The summed E-state index contributed by atoms with van der Waals surface area (Å²) in [7, 11) is 0. The molecule has 1 aliphatic rings. The van der Waals surface area contributed by atoms with Crippen molar-refractivity contribution < 1.29 is 4.74 Å². The maximum atomic E-state index is 5.99. The van der Waals surface area contributed by atoms with Gasteiger partial charge in [0.25, 0.3) is 0 Å². The molecule has 0 bridgehead atoms. The first kappa shape index (κ1) is 14.5. The normalized spacial score (nSPS) is 26.3. The fourth-order valence-corrected chi connectivity index (χ4v) is 2.83. The molecule has 3 unspecified atom stereocenters. The van der Waals surface area contributed by atoms with Gasteiger partial charge in [0, 0.05) is 25.2 Å². The number of rotatable bonds is 5. The Balaban J connectivity index is 1.92. The average molecular weight is 262 g/mol. The summed E-state index contributed by atoms with van der Waals surface area (Å²) >= 11 is 0. The minimum Gasteiger partial charge on any atom is -0.376 e. The van der Waals surface area contributed by atoms with Gasteiger partial charge in [0.15, 0.2) is 0 Å². The standard InChI is InChI=1S/C16H26N2O/c1-13-12-19-14(2)11-18(13)16(10-17)9-8-15-6-4-3-5-7-15/h3-7,13-14,16H,8-12,17H2,1-2H3. The molecule has 1 saturated heterocycles. The Morgan fingerprint density at radius 3 is 2.74 bits per heavy atom. The van der Waals surface area contributed by atoms with Crippen molar-refractivity contribution in [3.63, 3.8) is 0 Å². The van der Waals surface area contributed by atoms with Gasteiger partial charge < -0.3 is 10.5 Å². The highest BCUT2D eigenvalue weighted by Crippen LogP contribution is 2.18. The number of nitrogens with two attached hydrogens (primary N) is 1. The van der Waals surface area contributed by atoms with Gasteiger partial charge in [-0.05, 0) is 32.3 Å². The van der Waals surface area contributed by atoms with Crippen molar-refractivity contribution in [2.24, 2.45) is 5.73 Å². The first-order chi connectivity index (χ1) is 9.20. The number of morpholine rings is 1. The molecule has 0 spiro atoms. The van der Waals surface area contributed by atoms with Crippen LogP contribution in [0.1, 0.15) is 25.8 Å². The van der Waals surface area contributed by atoms with Crippen LogP contribution < -0.4 is 5.73 Å². The van der Waals surface area contributed by atoms with Crippen LogP contribution in [0.25, 0.3) is 0 Å². The van der Waals surface area contributed by atoms with Crippen LogP contribution in [0.2, 0.25) is 0 Å². The first-order valence-corrected chi connectivity index (χ1v) is 7.32. The van der Waals surface area contributed by atoms with Gasteiger partial charge in [-0.25, -0.2) is 0 Å². The lowest BCUT2D eigenvalue weighted by Gasteiger charge is -2.41. The van der Waals surface area contributed by atoms with Crippen LogP contribution in [-0.4, -0.2) is 42.8 Å². The van der Waals surface area contributed by atoms with Gasteiger partial charge in [-0.15, -0.1) is 0 Å². The van der Waals surface area contributed by atoms with E-state index in [0.717, 1.165) is 32.5 Å². The molecule has 19 heavy (non-hydrogen) atoms. The number of nitrogens with zero attached hydrogens (tertiary/aromatic N) is 1. The molecule has 2 N–H and O–H groups in total. The van der Waals surface area contributed by atoms with Crippen molar-refractivity contribution in [2.75, 3.05) is 19.7 Å². The number of ether oxygens (including phenoxy) is 1. The Hall–Kier alpha value is -0.900. The van der Waals surface area contributed by atoms with Gasteiger partial charge in [0.05, 0.1) is 12.7 Å². The predicted octanol–water partition coefficient (Wildman–Crippen LogP) is 2.06. The van der Waals surface area contributed by atoms with Crippen molar-refractivity contribution in [2.45, 2.75) is 44.9 Å². The Bertz CT molecular complexity index is 368. The molecule has 1 aromatic rings. The molecular weight excluding hydrogens is 236 g/mol. The quantitative estimate of drug-likeness (QED) is 0.882. The summed E-state index contributed by atoms with van der Waals surface area (Å²) in [5, 5.41) is 0. The third kappa shape index (κ3) is 4.03. The fourth-order valence-electron chi connectivity index (χ4n) is 2.83. The molecule has 1 fully saturated rings. The van der Waals surface area contributed by atoms with Gasteiger partial charge in [-0.2, -0.15) is 0 Å². The van der Waals surface area contributed by atoms with E-state index in [9.17, 15) is 0 Å². The van der Waals surface area contributed by atoms with E-state index in [1.807, 2.05) is 0 Å². The molecule has 0 aliphatic carbocycles. The van der Waals surface area contributed by atoms with Crippen LogP contribution in [0, 0.1) is 0 Å². The van der Waals surface area contributed by atoms with E-state index in [2.05, 4.69) is 49.1 Å². The average Bonchev–Trinajstić information content (AvgIpc) is 2.44. The molecular formula is C16H26N2O. The first-order valence-electron chi connectivity index (χ1n) is 7.32. The van der Waals surface area contributed by atoms with Gasteiger partial charge in [0.2, 0.25) is 0 Å². The van der Waals surface area contributed by atoms with Crippen molar-refractivity contribution in [1.82, 2.24) is 4.90 Å². The second-order valence-corrected chi connectivity index (χ2v) is 5.60. The summed E-state index contributed by atoms with van der Waals surface area (Å²) in [4.78, 5) is 2.52. The monoisotopic (exact) mass is 262 g/mol. The number of hydrogen-bond donors (Lipinski definition) is 1. The zero-order valence-corrected chi connectivity index (χ0v) is 12.1. The highest BCUT2D eigenvalue weighted by atomic mass is 16.5. The van der Waals surface area contributed by atoms with Gasteiger partial charge >= 0.3 is 0 Å². The number of aryl methyl sites for hydroxylation is 1. The summed E-state index contributed by atoms with van der Waals surface area (Å²) in [5.41, 5.74) is 7.39. The lowest BCUT2D eigenvalue weighted by Crippen LogP contribution is -2.54. The van der Waals surface area contributed by atoms with Crippen LogP contribution in [0.15, 0.2) is 30.3 Å². The SMILES string of the molecule is CC1CN(C(CN)CCc2ccccc2)C(C)CO1. The lowest BCUT2D eigenvalue weighted by atomic mass is 10.0. The fraction of sp³-hybridized carbons (Fsp3) is 0.625. The molecule has 1 aliphatic heterocycles. The Morgan fingerprint density at radius 2 is 2.05 bits per heavy atom. The molecule has 3 heteroatoms. The molecule has 3 atom stereocenters. The lowest BCUT2D eigenvalue weighted by molar-refractivity contribution is -0.0656. The summed E-state index contributed by atoms with van der Waals surface area (Å²) in [6.45, 7) is 6.92. The molecule has 1 aromatic carbocycles.